The molecule has 2 heterocycles. The van der Waals surface area contributed by atoms with Gasteiger partial charge in [-0.05, 0) is 31.4 Å². The molecule has 1 aliphatic carbocycles. The lowest BCUT2D eigenvalue weighted by Crippen LogP contribution is -2.52. The standard InChI is InChI=1S/C15H16N2O3/c1-9-3-2-4-11-10(7-9)8-14(19)17(11)12-5-6-13(18)16-15(12)20/h2-4,12H,5-8H2,1H3,(H,16,18,20). The van der Waals surface area contributed by atoms with Crippen LogP contribution in [0.15, 0.2) is 35.1 Å². The van der Waals surface area contributed by atoms with Crippen molar-refractivity contribution in [3.8, 4) is 0 Å². The maximum atomic E-state index is 12.3. The molecular weight excluding hydrogens is 256 g/mol. The molecule has 1 atom stereocenters. The molecule has 3 amide bonds. The first-order chi connectivity index (χ1) is 9.56. The monoisotopic (exact) mass is 272 g/mol. The predicted octanol–water partition coefficient (Wildman–Crippen LogP) is 1.18. The third-order valence-corrected chi connectivity index (χ3v) is 3.90. The molecule has 20 heavy (non-hydrogen) atoms. The van der Waals surface area contributed by atoms with Crippen LogP contribution in [-0.4, -0.2) is 28.7 Å². The summed E-state index contributed by atoms with van der Waals surface area (Å²) in [6.45, 7) is 2.03. The first kappa shape index (κ1) is 12.8. The Labute approximate surface area is 117 Å². The summed E-state index contributed by atoms with van der Waals surface area (Å²) in [6.07, 6.45) is 7.62. The highest BCUT2D eigenvalue weighted by molar-refractivity contribution is 6.02. The summed E-state index contributed by atoms with van der Waals surface area (Å²) in [5.41, 5.74) is 3.09. The fourth-order valence-corrected chi connectivity index (χ4v) is 2.98. The van der Waals surface area contributed by atoms with Crippen LogP contribution in [0.3, 0.4) is 0 Å². The van der Waals surface area contributed by atoms with Gasteiger partial charge in [-0.1, -0.05) is 17.7 Å². The minimum atomic E-state index is -0.559. The summed E-state index contributed by atoms with van der Waals surface area (Å²) in [7, 11) is 0. The van der Waals surface area contributed by atoms with E-state index in [9.17, 15) is 14.4 Å². The van der Waals surface area contributed by atoms with Crippen molar-refractivity contribution in [2.24, 2.45) is 0 Å². The largest absolute Gasteiger partial charge is 0.300 e. The molecule has 0 aromatic heterocycles. The molecule has 3 rings (SSSR count). The van der Waals surface area contributed by atoms with E-state index in [1.807, 2.05) is 25.2 Å². The van der Waals surface area contributed by atoms with Crippen LogP contribution in [0.5, 0.6) is 0 Å². The number of imide groups is 1. The van der Waals surface area contributed by atoms with Crippen LogP contribution in [-0.2, 0) is 14.4 Å². The second-order valence-electron chi connectivity index (χ2n) is 5.45. The maximum Gasteiger partial charge on any atom is 0.249 e. The van der Waals surface area contributed by atoms with Crippen molar-refractivity contribution in [3.05, 3.63) is 35.1 Å². The average molecular weight is 272 g/mol. The predicted molar refractivity (Wildman–Crippen MR) is 72.2 cm³/mol. The zero-order valence-corrected chi connectivity index (χ0v) is 11.3. The van der Waals surface area contributed by atoms with Gasteiger partial charge in [-0.25, -0.2) is 0 Å². The normalized spacial score (nSPS) is 26.4. The highest BCUT2D eigenvalue weighted by Crippen LogP contribution is 2.34. The van der Waals surface area contributed by atoms with Crippen LogP contribution in [0, 0.1) is 0 Å². The van der Waals surface area contributed by atoms with Gasteiger partial charge < -0.3 is 0 Å². The van der Waals surface area contributed by atoms with E-state index in [1.165, 1.54) is 5.57 Å². The second-order valence-corrected chi connectivity index (χ2v) is 5.45. The number of nitrogens with one attached hydrogen (secondary N) is 1. The Morgan fingerprint density at radius 3 is 2.80 bits per heavy atom. The molecule has 104 valence electrons. The van der Waals surface area contributed by atoms with E-state index in [0.717, 1.165) is 17.7 Å². The second kappa shape index (κ2) is 4.74. The van der Waals surface area contributed by atoms with Gasteiger partial charge in [0.15, 0.2) is 0 Å². The van der Waals surface area contributed by atoms with E-state index in [4.69, 9.17) is 0 Å². The third-order valence-electron chi connectivity index (χ3n) is 3.90. The third kappa shape index (κ3) is 2.09. The Bertz CT molecular complexity index is 598. The van der Waals surface area contributed by atoms with E-state index in [1.54, 1.807) is 4.90 Å². The molecule has 2 aliphatic heterocycles. The first-order valence-corrected chi connectivity index (χ1v) is 6.78. The van der Waals surface area contributed by atoms with Gasteiger partial charge in [0.2, 0.25) is 17.7 Å². The van der Waals surface area contributed by atoms with Crippen molar-refractivity contribution in [2.45, 2.75) is 38.6 Å². The van der Waals surface area contributed by atoms with Crippen molar-refractivity contribution in [1.29, 1.82) is 0 Å². The Balaban J connectivity index is 1.91. The van der Waals surface area contributed by atoms with Gasteiger partial charge in [0.05, 0.1) is 6.42 Å². The molecule has 3 aliphatic rings. The van der Waals surface area contributed by atoms with Gasteiger partial charge in [-0.15, -0.1) is 0 Å². The maximum absolute atomic E-state index is 12.3. The summed E-state index contributed by atoms with van der Waals surface area (Å²) in [4.78, 5) is 37.0. The number of rotatable bonds is 1. The lowest BCUT2D eigenvalue weighted by atomic mass is 10.0. The lowest BCUT2D eigenvalue weighted by Gasteiger charge is -2.30. The highest BCUT2D eigenvalue weighted by atomic mass is 16.2. The van der Waals surface area contributed by atoms with Crippen LogP contribution in [0.4, 0.5) is 0 Å². The Morgan fingerprint density at radius 1 is 1.25 bits per heavy atom. The van der Waals surface area contributed by atoms with Crippen LogP contribution >= 0.6 is 0 Å². The van der Waals surface area contributed by atoms with Crippen molar-refractivity contribution in [3.63, 3.8) is 0 Å². The quantitative estimate of drug-likeness (QED) is 0.729. The molecule has 0 aromatic carbocycles. The topological polar surface area (TPSA) is 66.5 Å². The van der Waals surface area contributed by atoms with Gasteiger partial charge in [0, 0.05) is 12.1 Å². The van der Waals surface area contributed by atoms with Gasteiger partial charge in [-0.2, -0.15) is 0 Å². The van der Waals surface area contributed by atoms with Crippen LogP contribution in [0.2, 0.25) is 0 Å². The summed E-state index contributed by atoms with van der Waals surface area (Å²) in [5.74, 6) is -0.685. The molecule has 1 fully saturated rings. The Hall–Kier alpha value is -2.17. The minimum Gasteiger partial charge on any atom is -0.300 e. The molecule has 1 saturated heterocycles. The molecule has 0 bridgehead atoms. The summed E-state index contributed by atoms with van der Waals surface area (Å²) >= 11 is 0. The zero-order chi connectivity index (χ0) is 14.3. The van der Waals surface area contributed by atoms with Gasteiger partial charge in [0.1, 0.15) is 6.04 Å². The summed E-state index contributed by atoms with van der Waals surface area (Å²) < 4.78 is 0. The number of amides is 3. The van der Waals surface area contributed by atoms with Gasteiger partial charge in [0.25, 0.3) is 0 Å². The van der Waals surface area contributed by atoms with E-state index in [0.29, 0.717) is 12.8 Å². The van der Waals surface area contributed by atoms with E-state index in [-0.39, 0.29) is 24.1 Å². The summed E-state index contributed by atoms with van der Waals surface area (Å²) in [5, 5.41) is 2.32. The van der Waals surface area contributed by atoms with Crippen molar-refractivity contribution < 1.29 is 14.4 Å². The smallest absolute Gasteiger partial charge is 0.249 e. The Morgan fingerprint density at radius 2 is 2.05 bits per heavy atom. The van der Waals surface area contributed by atoms with Crippen LogP contribution in [0.1, 0.15) is 32.6 Å². The molecule has 0 radical (unpaired) electrons. The number of hydrogen-bond acceptors (Lipinski definition) is 3. The number of hydrogen-bond donors (Lipinski definition) is 1. The van der Waals surface area contributed by atoms with E-state index in [2.05, 4.69) is 5.32 Å². The van der Waals surface area contributed by atoms with E-state index >= 15 is 0 Å². The molecule has 1 unspecified atom stereocenters. The van der Waals surface area contributed by atoms with Crippen molar-refractivity contribution in [2.75, 3.05) is 0 Å². The lowest BCUT2D eigenvalue weighted by molar-refractivity contribution is -0.142. The number of piperidine rings is 1. The number of nitrogens with zero attached hydrogens (tertiary/aromatic N) is 1. The molecule has 0 saturated carbocycles. The molecule has 5 nitrogen and oxygen atoms in total. The first-order valence-electron chi connectivity index (χ1n) is 6.78. The highest BCUT2D eigenvalue weighted by Gasteiger charge is 2.40. The molecule has 0 aromatic rings. The SMILES string of the molecule is CC1=CC=CC2=C(CC(=O)N2C2CCC(=O)NC2=O)C1. The Kier molecular flexibility index (Phi) is 3.04. The van der Waals surface area contributed by atoms with E-state index < -0.39 is 6.04 Å². The zero-order valence-electron chi connectivity index (χ0n) is 11.3. The molecule has 1 N–H and O–H groups in total. The molecular formula is C15H16N2O3. The number of carbonyl (C=O) groups is 3. The molecule has 5 heteroatoms. The van der Waals surface area contributed by atoms with Gasteiger partial charge >= 0.3 is 0 Å². The summed E-state index contributed by atoms with van der Waals surface area (Å²) in [6, 6.07) is -0.559. The average Bonchev–Trinajstić information content (AvgIpc) is 2.55. The van der Waals surface area contributed by atoms with Crippen molar-refractivity contribution >= 4 is 17.7 Å². The minimum absolute atomic E-state index is 0.0520. The van der Waals surface area contributed by atoms with Crippen LogP contribution < -0.4 is 5.32 Å². The van der Waals surface area contributed by atoms with Crippen LogP contribution in [0.25, 0.3) is 0 Å². The number of allylic oxidation sites excluding steroid dienone is 4. The van der Waals surface area contributed by atoms with Crippen molar-refractivity contribution in [1.82, 2.24) is 10.2 Å². The fourth-order valence-electron chi connectivity index (χ4n) is 2.98. The van der Waals surface area contributed by atoms with Gasteiger partial charge in [-0.3, -0.25) is 24.6 Å². The fraction of sp³-hybridized carbons (Fsp3) is 0.400. The molecule has 0 spiro atoms. The number of carbonyl (C=O) groups excluding carboxylic acids is 3.